The van der Waals surface area contributed by atoms with Crippen molar-refractivity contribution >= 4 is 11.9 Å². The Hall–Kier alpha value is -2.05. The summed E-state index contributed by atoms with van der Waals surface area (Å²) in [7, 11) is 0. The number of aryl methyl sites for hydroxylation is 2. The number of hydrogen-bond donors (Lipinski definition) is 1. The number of carboxylic acid groups (broad SMARTS) is 1. The van der Waals surface area contributed by atoms with Crippen molar-refractivity contribution in [2.45, 2.75) is 44.8 Å². The first-order valence-corrected chi connectivity index (χ1v) is 7.29. The lowest BCUT2D eigenvalue weighted by atomic mass is 9.83. The van der Waals surface area contributed by atoms with Gasteiger partial charge in [-0.3, -0.25) is 4.79 Å². The molecule has 7 heteroatoms. The van der Waals surface area contributed by atoms with E-state index in [-0.39, 0.29) is 18.9 Å². The number of likely N-dealkylation sites (tertiary alicyclic amines) is 1. The molecule has 2 atom stereocenters. The number of carboxylic acids is 1. The van der Waals surface area contributed by atoms with Crippen LogP contribution in [0.15, 0.2) is 18.2 Å². The van der Waals surface area contributed by atoms with Crippen molar-refractivity contribution in [3.05, 3.63) is 34.9 Å². The van der Waals surface area contributed by atoms with Gasteiger partial charge in [0.15, 0.2) is 0 Å². The Morgan fingerprint density at radius 3 is 2.43 bits per heavy atom. The maximum absolute atomic E-state index is 12.6. The quantitative estimate of drug-likeness (QED) is 0.907. The second-order valence-corrected chi connectivity index (χ2v) is 5.93. The number of aliphatic carboxylic acids is 1. The van der Waals surface area contributed by atoms with E-state index in [2.05, 4.69) is 0 Å². The van der Waals surface area contributed by atoms with Crippen LogP contribution in [-0.4, -0.2) is 40.6 Å². The highest BCUT2D eigenvalue weighted by molar-refractivity contribution is 5.87. The molecular formula is C16H18F3NO3. The van der Waals surface area contributed by atoms with Crippen molar-refractivity contribution in [2.75, 3.05) is 6.54 Å². The van der Waals surface area contributed by atoms with Crippen molar-refractivity contribution in [2.24, 2.45) is 0 Å². The van der Waals surface area contributed by atoms with Gasteiger partial charge in [0.05, 0.1) is 0 Å². The number of amides is 1. The zero-order valence-corrected chi connectivity index (χ0v) is 12.9. The second-order valence-electron chi connectivity index (χ2n) is 5.93. The molecule has 1 saturated heterocycles. The number of hydrogen-bond acceptors (Lipinski definition) is 2. The molecule has 1 fully saturated rings. The lowest BCUT2D eigenvalue weighted by molar-refractivity contribution is -0.191. The van der Waals surface area contributed by atoms with E-state index in [0.29, 0.717) is 11.3 Å². The van der Waals surface area contributed by atoms with E-state index in [0.717, 1.165) is 16.7 Å². The standard InChI is InChI=1S/C16H18F3NO3/c1-9-3-4-12(10(2)7-9)11-5-6-20(13(8-11)14(21)22)15(23)16(17,18)19/h3-4,7,11,13H,5-6,8H2,1-2H3,(H,21,22). The Bertz CT molecular complexity index is 627. The van der Waals surface area contributed by atoms with Crippen LogP contribution in [0.2, 0.25) is 0 Å². The number of nitrogens with zero attached hydrogens (tertiary/aromatic N) is 1. The highest BCUT2D eigenvalue weighted by Crippen LogP contribution is 2.35. The maximum atomic E-state index is 12.6. The van der Waals surface area contributed by atoms with Crippen molar-refractivity contribution < 1.29 is 27.9 Å². The molecule has 0 spiro atoms. The van der Waals surface area contributed by atoms with Gasteiger partial charge in [0.2, 0.25) is 0 Å². The van der Waals surface area contributed by atoms with Crippen LogP contribution in [-0.2, 0) is 9.59 Å². The average Bonchev–Trinajstić information content (AvgIpc) is 2.45. The van der Waals surface area contributed by atoms with E-state index in [1.54, 1.807) is 0 Å². The van der Waals surface area contributed by atoms with Gasteiger partial charge < -0.3 is 10.0 Å². The summed E-state index contributed by atoms with van der Waals surface area (Å²) in [6, 6.07) is 4.28. The summed E-state index contributed by atoms with van der Waals surface area (Å²) in [5.41, 5.74) is 2.97. The van der Waals surface area contributed by atoms with E-state index in [4.69, 9.17) is 0 Å². The fourth-order valence-corrected chi connectivity index (χ4v) is 3.17. The first kappa shape index (κ1) is 17.3. The molecule has 126 valence electrons. The van der Waals surface area contributed by atoms with Gasteiger partial charge in [-0.1, -0.05) is 23.8 Å². The summed E-state index contributed by atoms with van der Waals surface area (Å²) in [5, 5.41) is 9.24. The van der Waals surface area contributed by atoms with Crippen LogP contribution in [0.3, 0.4) is 0 Å². The molecule has 2 unspecified atom stereocenters. The molecule has 23 heavy (non-hydrogen) atoms. The Balaban J connectivity index is 2.25. The van der Waals surface area contributed by atoms with Crippen molar-refractivity contribution in [1.82, 2.24) is 4.90 Å². The predicted octanol–water partition coefficient (Wildman–Crippen LogP) is 3.02. The molecule has 2 rings (SSSR count). The van der Waals surface area contributed by atoms with Gasteiger partial charge in [-0.2, -0.15) is 13.2 Å². The van der Waals surface area contributed by atoms with Crippen molar-refractivity contribution in [3.8, 4) is 0 Å². The lowest BCUT2D eigenvalue weighted by Gasteiger charge is -2.38. The smallest absolute Gasteiger partial charge is 0.471 e. The molecular weight excluding hydrogens is 311 g/mol. The fourth-order valence-electron chi connectivity index (χ4n) is 3.17. The van der Waals surface area contributed by atoms with Gasteiger partial charge in [0.25, 0.3) is 0 Å². The monoisotopic (exact) mass is 329 g/mol. The summed E-state index contributed by atoms with van der Waals surface area (Å²) in [6.45, 7) is 3.61. The minimum atomic E-state index is -5.06. The number of carbonyl (C=O) groups is 2. The average molecular weight is 329 g/mol. The van der Waals surface area contributed by atoms with Crippen molar-refractivity contribution in [3.63, 3.8) is 0 Å². The van der Waals surface area contributed by atoms with Crippen LogP contribution >= 0.6 is 0 Å². The molecule has 1 aromatic rings. The van der Waals surface area contributed by atoms with E-state index < -0.39 is 24.1 Å². The summed E-state index contributed by atoms with van der Waals surface area (Å²) in [5.74, 6) is -3.66. The van der Waals surface area contributed by atoms with Crippen LogP contribution in [0.25, 0.3) is 0 Å². The fraction of sp³-hybridized carbons (Fsp3) is 0.500. The molecule has 0 aromatic heterocycles. The summed E-state index contributed by atoms with van der Waals surface area (Å²) in [4.78, 5) is 23.2. The van der Waals surface area contributed by atoms with Gasteiger partial charge in [-0.05, 0) is 43.7 Å². The second kappa shape index (κ2) is 6.22. The largest absolute Gasteiger partial charge is 0.480 e. The SMILES string of the molecule is Cc1ccc(C2CCN(C(=O)C(F)(F)F)C(C(=O)O)C2)c(C)c1. The van der Waals surface area contributed by atoms with Gasteiger partial charge in [-0.25, -0.2) is 4.79 Å². The molecule has 0 saturated carbocycles. The number of rotatable bonds is 2. The molecule has 1 aliphatic rings. The van der Waals surface area contributed by atoms with Gasteiger partial charge >= 0.3 is 18.1 Å². The summed E-state index contributed by atoms with van der Waals surface area (Å²) >= 11 is 0. The highest BCUT2D eigenvalue weighted by Gasteiger charge is 2.48. The summed E-state index contributed by atoms with van der Waals surface area (Å²) in [6.07, 6.45) is -4.75. The maximum Gasteiger partial charge on any atom is 0.471 e. The Labute approximate surface area is 131 Å². The zero-order valence-electron chi connectivity index (χ0n) is 12.9. The molecule has 4 nitrogen and oxygen atoms in total. The first-order chi connectivity index (χ1) is 10.6. The predicted molar refractivity (Wildman–Crippen MR) is 77.1 cm³/mol. The number of halogens is 3. The van der Waals surface area contributed by atoms with Crippen molar-refractivity contribution in [1.29, 1.82) is 0 Å². The molecule has 1 N–H and O–H groups in total. The first-order valence-electron chi connectivity index (χ1n) is 7.29. The third-order valence-corrected chi connectivity index (χ3v) is 4.26. The number of piperidine rings is 1. The third kappa shape index (κ3) is 3.65. The molecule has 1 aromatic carbocycles. The van der Waals surface area contributed by atoms with Crippen LogP contribution in [0.1, 0.15) is 35.4 Å². The van der Waals surface area contributed by atoms with E-state index in [9.17, 15) is 27.9 Å². The van der Waals surface area contributed by atoms with Gasteiger partial charge in [0.1, 0.15) is 6.04 Å². The van der Waals surface area contributed by atoms with E-state index in [1.165, 1.54) is 0 Å². The van der Waals surface area contributed by atoms with Crippen LogP contribution in [0.4, 0.5) is 13.2 Å². The molecule has 1 aliphatic heterocycles. The Morgan fingerprint density at radius 2 is 1.91 bits per heavy atom. The Morgan fingerprint density at radius 1 is 1.26 bits per heavy atom. The summed E-state index contributed by atoms with van der Waals surface area (Å²) < 4.78 is 37.8. The zero-order chi connectivity index (χ0) is 17.4. The number of carbonyl (C=O) groups excluding carboxylic acids is 1. The molecule has 1 heterocycles. The van der Waals surface area contributed by atoms with Crippen LogP contribution in [0, 0.1) is 13.8 Å². The Kier molecular flexibility index (Phi) is 4.68. The van der Waals surface area contributed by atoms with E-state index >= 15 is 0 Å². The van der Waals surface area contributed by atoms with Gasteiger partial charge in [-0.15, -0.1) is 0 Å². The number of benzene rings is 1. The number of alkyl halides is 3. The molecule has 0 aliphatic carbocycles. The highest BCUT2D eigenvalue weighted by atomic mass is 19.4. The lowest BCUT2D eigenvalue weighted by Crippen LogP contribution is -2.53. The van der Waals surface area contributed by atoms with Crippen LogP contribution < -0.4 is 0 Å². The minimum absolute atomic E-state index is 0.0128. The topological polar surface area (TPSA) is 57.6 Å². The van der Waals surface area contributed by atoms with E-state index in [1.807, 2.05) is 32.0 Å². The molecule has 1 amide bonds. The minimum Gasteiger partial charge on any atom is -0.480 e. The molecule has 0 bridgehead atoms. The normalized spacial score (nSPS) is 22.0. The van der Waals surface area contributed by atoms with Crippen LogP contribution in [0.5, 0.6) is 0 Å². The molecule has 0 radical (unpaired) electrons. The van der Waals surface area contributed by atoms with Gasteiger partial charge in [0, 0.05) is 6.54 Å². The third-order valence-electron chi connectivity index (χ3n) is 4.26.